The summed E-state index contributed by atoms with van der Waals surface area (Å²) in [5.74, 6) is -0.263. The third-order valence-corrected chi connectivity index (χ3v) is 5.00. The summed E-state index contributed by atoms with van der Waals surface area (Å²) in [6.07, 6.45) is 0. The van der Waals surface area contributed by atoms with E-state index in [2.05, 4.69) is 5.32 Å². The number of nitrogens with one attached hydrogen (secondary N) is 1. The van der Waals surface area contributed by atoms with E-state index in [4.69, 9.17) is 11.6 Å². The van der Waals surface area contributed by atoms with Crippen LogP contribution in [0, 0.1) is 24.0 Å². The third-order valence-electron chi connectivity index (χ3n) is 3.58. The molecule has 1 N–H and O–H groups in total. The number of hydrogen-bond donors (Lipinski definition) is 1. The van der Waals surface area contributed by atoms with Crippen molar-refractivity contribution < 1.29 is 9.72 Å². The Morgan fingerprint density at radius 3 is 2.54 bits per heavy atom. The lowest BCUT2D eigenvalue weighted by Gasteiger charge is -2.13. The smallest absolute Gasteiger partial charge is 0.271 e. The summed E-state index contributed by atoms with van der Waals surface area (Å²) in [6, 6.07) is 9.97. The summed E-state index contributed by atoms with van der Waals surface area (Å²) in [6.45, 7) is 5.83. The quantitative estimate of drug-likeness (QED) is 0.461. The summed E-state index contributed by atoms with van der Waals surface area (Å²) in [4.78, 5) is 23.6. The summed E-state index contributed by atoms with van der Waals surface area (Å²) in [5.41, 5.74) is 2.47. The number of aryl methyl sites for hydroxylation is 2. The number of benzene rings is 2. The number of hydrogen-bond acceptors (Lipinski definition) is 4. The lowest BCUT2D eigenvalue weighted by atomic mass is 10.1. The molecule has 1 atom stereocenters. The van der Waals surface area contributed by atoms with E-state index in [9.17, 15) is 14.9 Å². The topological polar surface area (TPSA) is 72.2 Å². The fourth-order valence-electron chi connectivity index (χ4n) is 2.00. The average molecular weight is 365 g/mol. The molecule has 0 heterocycles. The maximum atomic E-state index is 12.3. The Morgan fingerprint density at radius 2 is 1.92 bits per heavy atom. The zero-order chi connectivity index (χ0) is 17.9. The van der Waals surface area contributed by atoms with Crippen LogP contribution in [0.25, 0.3) is 0 Å². The number of amides is 1. The molecule has 126 valence electrons. The second-order valence-corrected chi connectivity index (χ2v) is 7.24. The van der Waals surface area contributed by atoms with Crippen LogP contribution in [0.15, 0.2) is 41.3 Å². The molecule has 0 aliphatic rings. The predicted octanol–water partition coefficient (Wildman–Crippen LogP) is 4.98. The Labute approximate surface area is 149 Å². The predicted molar refractivity (Wildman–Crippen MR) is 98.0 cm³/mol. The van der Waals surface area contributed by atoms with E-state index >= 15 is 0 Å². The van der Waals surface area contributed by atoms with Crippen molar-refractivity contribution in [2.24, 2.45) is 0 Å². The van der Waals surface area contributed by atoms with Gasteiger partial charge in [0.15, 0.2) is 0 Å². The van der Waals surface area contributed by atoms with Crippen molar-refractivity contribution in [1.82, 2.24) is 0 Å². The van der Waals surface area contributed by atoms with Gasteiger partial charge in [-0.3, -0.25) is 14.9 Å². The Balaban J connectivity index is 2.10. The Kier molecular flexibility index (Phi) is 5.85. The summed E-state index contributed by atoms with van der Waals surface area (Å²) in [7, 11) is 0. The largest absolute Gasteiger partial charge is 0.324 e. The van der Waals surface area contributed by atoms with Crippen molar-refractivity contribution in [3.8, 4) is 0 Å². The molecule has 0 aromatic heterocycles. The van der Waals surface area contributed by atoms with Crippen molar-refractivity contribution in [2.75, 3.05) is 5.32 Å². The van der Waals surface area contributed by atoms with Gasteiger partial charge in [0.2, 0.25) is 5.91 Å². The van der Waals surface area contributed by atoms with Crippen molar-refractivity contribution in [1.29, 1.82) is 0 Å². The zero-order valence-electron chi connectivity index (χ0n) is 13.5. The summed E-state index contributed by atoms with van der Waals surface area (Å²) < 4.78 is 0. The number of nitro benzene ring substituents is 1. The van der Waals surface area contributed by atoms with Gasteiger partial charge in [-0.15, -0.1) is 11.8 Å². The van der Waals surface area contributed by atoms with E-state index in [1.165, 1.54) is 35.5 Å². The van der Waals surface area contributed by atoms with E-state index < -0.39 is 4.92 Å². The molecule has 1 amide bonds. The highest BCUT2D eigenvalue weighted by molar-refractivity contribution is 8.00. The summed E-state index contributed by atoms with van der Waals surface area (Å²) >= 11 is 7.43. The number of anilines is 1. The number of carbonyl (C=O) groups is 1. The minimum Gasteiger partial charge on any atom is -0.324 e. The highest BCUT2D eigenvalue weighted by atomic mass is 35.5. The van der Waals surface area contributed by atoms with Crippen molar-refractivity contribution >= 4 is 40.6 Å². The fourth-order valence-corrected chi connectivity index (χ4v) is 3.13. The van der Waals surface area contributed by atoms with Gasteiger partial charge >= 0.3 is 0 Å². The standard InChI is InChI=1S/C17H17ClN2O3S/c1-10-4-6-14(8-11(10)2)24-12(3)17(21)19-16-9-13(20(22)23)5-7-15(16)18/h4-9,12H,1-3H3,(H,19,21). The van der Waals surface area contributed by atoms with Gasteiger partial charge in [0, 0.05) is 17.0 Å². The average Bonchev–Trinajstić information content (AvgIpc) is 2.52. The molecule has 0 aliphatic carbocycles. The minimum atomic E-state index is -0.529. The minimum absolute atomic E-state index is 0.121. The Hall–Kier alpha value is -2.05. The number of thioether (sulfide) groups is 1. The Morgan fingerprint density at radius 1 is 1.21 bits per heavy atom. The monoisotopic (exact) mass is 364 g/mol. The first-order valence-electron chi connectivity index (χ1n) is 7.26. The van der Waals surface area contributed by atoms with Crippen LogP contribution in [0.4, 0.5) is 11.4 Å². The van der Waals surface area contributed by atoms with Gasteiger partial charge in [-0.05, 0) is 50.1 Å². The molecule has 5 nitrogen and oxygen atoms in total. The second-order valence-electron chi connectivity index (χ2n) is 5.42. The molecule has 24 heavy (non-hydrogen) atoms. The highest BCUT2D eigenvalue weighted by Gasteiger charge is 2.18. The highest BCUT2D eigenvalue weighted by Crippen LogP contribution is 2.29. The number of nitro groups is 1. The first-order chi connectivity index (χ1) is 11.3. The molecule has 0 fully saturated rings. The number of non-ortho nitro benzene ring substituents is 1. The molecule has 2 aromatic rings. The maximum Gasteiger partial charge on any atom is 0.271 e. The molecule has 2 rings (SSSR count). The molecular weight excluding hydrogens is 348 g/mol. The zero-order valence-corrected chi connectivity index (χ0v) is 15.1. The fraction of sp³-hybridized carbons (Fsp3) is 0.235. The number of nitrogens with zero attached hydrogens (tertiary/aromatic N) is 1. The van der Waals surface area contributed by atoms with Crippen LogP contribution in [-0.4, -0.2) is 16.1 Å². The van der Waals surface area contributed by atoms with Gasteiger partial charge in [-0.1, -0.05) is 17.7 Å². The van der Waals surface area contributed by atoms with Gasteiger partial charge in [0.1, 0.15) is 0 Å². The number of rotatable bonds is 5. The number of carbonyl (C=O) groups excluding carboxylic acids is 1. The van der Waals surface area contributed by atoms with Gasteiger partial charge in [-0.2, -0.15) is 0 Å². The van der Waals surface area contributed by atoms with E-state index in [-0.39, 0.29) is 27.6 Å². The third kappa shape index (κ3) is 4.49. The van der Waals surface area contributed by atoms with Gasteiger partial charge in [0.25, 0.3) is 5.69 Å². The SMILES string of the molecule is Cc1ccc(SC(C)C(=O)Nc2cc([N+](=O)[O-])ccc2Cl)cc1C. The molecule has 2 aromatic carbocycles. The van der Waals surface area contributed by atoms with Crippen LogP contribution in [0.5, 0.6) is 0 Å². The van der Waals surface area contributed by atoms with Crippen molar-refractivity contribution in [2.45, 2.75) is 30.9 Å². The molecule has 0 spiro atoms. The van der Waals surface area contributed by atoms with Crippen LogP contribution in [-0.2, 0) is 4.79 Å². The summed E-state index contributed by atoms with van der Waals surface area (Å²) in [5, 5.41) is 13.4. The lowest BCUT2D eigenvalue weighted by molar-refractivity contribution is -0.384. The molecule has 0 aliphatic heterocycles. The molecule has 0 bridgehead atoms. The first kappa shape index (κ1) is 18.3. The van der Waals surface area contributed by atoms with E-state index in [0.717, 1.165) is 10.5 Å². The Bertz CT molecular complexity index is 795. The van der Waals surface area contributed by atoms with Crippen molar-refractivity contribution in [3.05, 3.63) is 62.7 Å². The van der Waals surface area contributed by atoms with Crippen LogP contribution in [0.2, 0.25) is 5.02 Å². The molecule has 7 heteroatoms. The van der Waals surface area contributed by atoms with Gasteiger partial charge in [0.05, 0.1) is 20.9 Å². The van der Waals surface area contributed by atoms with Crippen LogP contribution >= 0.6 is 23.4 Å². The molecular formula is C17H17ClN2O3S. The van der Waals surface area contributed by atoms with Crippen LogP contribution in [0.1, 0.15) is 18.1 Å². The van der Waals surface area contributed by atoms with E-state index in [1.807, 2.05) is 32.0 Å². The van der Waals surface area contributed by atoms with E-state index in [1.54, 1.807) is 6.92 Å². The number of halogens is 1. The maximum absolute atomic E-state index is 12.3. The van der Waals surface area contributed by atoms with Gasteiger partial charge < -0.3 is 5.32 Å². The molecule has 0 radical (unpaired) electrons. The van der Waals surface area contributed by atoms with Crippen LogP contribution < -0.4 is 5.32 Å². The molecule has 1 unspecified atom stereocenters. The normalized spacial score (nSPS) is 11.8. The molecule has 0 saturated carbocycles. The van der Waals surface area contributed by atoms with Gasteiger partial charge in [-0.25, -0.2) is 0 Å². The molecule has 0 saturated heterocycles. The lowest BCUT2D eigenvalue weighted by Crippen LogP contribution is -2.22. The van der Waals surface area contributed by atoms with Crippen LogP contribution in [0.3, 0.4) is 0 Å². The van der Waals surface area contributed by atoms with E-state index in [0.29, 0.717) is 0 Å². The van der Waals surface area contributed by atoms with Crippen molar-refractivity contribution in [3.63, 3.8) is 0 Å². The first-order valence-corrected chi connectivity index (χ1v) is 8.52. The second kappa shape index (κ2) is 7.68.